The molecule has 260 valence electrons. The zero-order chi connectivity index (χ0) is 36.2. The third kappa shape index (κ3) is 12.8. The van der Waals surface area contributed by atoms with Gasteiger partial charge >= 0.3 is 0 Å². The number of methoxy groups -OCH3 is 1. The maximum atomic E-state index is 12.7. The monoisotopic (exact) mass is 684 g/mol. The summed E-state index contributed by atoms with van der Waals surface area (Å²) in [4.78, 5) is 17.3. The first kappa shape index (κ1) is 40.0. The first-order chi connectivity index (χ1) is 23.7. The summed E-state index contributed by atoms with van der Waals surface area (Å²) in [5.74, 6) is 0.841. The van der Waals surface area contributed by atoms with Crippen LogP contribution >= 0.6 is 0 Å². The minimum absolute atomic E-state index is 0.0000661. The molecule has 0 saturated carbocycles. The van der Waals surface area contributed by atoms with Gasteiger partial charge in [-0.25, -0.2) is 18.1 Å². The third-order valence-corrected chi connectivity index (χ3v) is 8.00. The summed E-state index contributed by atoms with van der Waals surface area (Å²) in [5.41, 5.74) is 3.92. The second-order valence-electron chi connectivity index (χ2n) is 10.2. The minimum atomic E-state index is -4.00. The standard InChI is InChI=1S/C31H26N2O6S.C5H10.2C2H6/c1-37-30-18-23(31(34)33-40(35,36)28-11-3-2-4-12-28)14-15-24(30)20-38-26-9-7-10-27(19-26)39-21-25-17-16-22-8-5-6-13-29(22)32-25;1-4-5(2)3;2*1-2/h2-19H,20-21H2,1H3,(H,33,34);4H,1-3H3;2*1-2H3. The number of para-hydroxylation sites is 1. The number of carbonyl (C=O) groups excluding carboxylic acids is 1. The Morgan fingerprint density at radius 1 is 0.755 bits per heavy atom. The Morgan fingerprint density at radius 2 is 1.37 bits per heavy atom. The molecule has 1 N–H and O–H groups in total. The second kappa shape index (κ2) is 21.0. The molecule has 0 radical (unpaired) electrons. The van der Waals surface area contributed by atoms with E-state index in [2.05, 4.69) is 29.6 Å². The molecule has 1 aromatic heterocycles. The van der Waals surface area contributed by atoms with Gasteiger partial charge in [0.2, 0.25) is 0 Å². The maximum Gasteiger partial charge on any atom is 0.265 e. The van der Waals surface area contributed by atoms with Gasteiger partial charge in [0.25, 0.3) is 15.9 Å². The van der Waals surface area contributed by atoms with Crippen LogP contribution in [-0.2, 0) is 23.2 Å². The molecular formula is C40H48N2O6S. The van der Waals surface area contributed by atoms with E-state index in [1.165, 1.54) is 36.9 Å². The zero-order valence-electron chi connectivity index (χ0n) is 29.7. The van der Waals surface area contributed by atoms with E-state index in [0.717, 1.165) is 16.6 Å². The fourth-order valence-corrected chi connectivity index (χ4v) is 5.00. The predicted octanol–water partition coefficient (Wildman–Crippen LogP) is 9.54. The lowest BCUT2D eigenvalue weighted by Crippen LogP contribution is -2.30. The normalized spacial score (nSPS) is 10.0. The van der Waals surface area contributed by atoms with Gasteiger partial charge < -0.3 is 14.2 Å². The van der Waals surface area contributed by atoms with Gasteiger partial charge in [-0.3, -0.25) is 4.79 Å². The van der Waals surface area contributed by atoms with Crippen LogP contribution in [-0.4, -0.2) is 26.4 Å². The van der Waals surface area contributed by atoms with Crippen LogP contribution in [0.1, 0.15) is 70.1 Å². The van der Waals surface area contributed by atoms with E-state index in [1.54, 1.807) is 30.3 Å². The number of allylic oxidation sites excluding steroid dienone is 2. The molecule has 5 aromatic rings. The summed E-state index contributed by atoms with van der Waals surface area (Å²) in [5, 5.41) is 1.07. The summed E-state index contributed by atoms with van der Waals surface area (Å²) in [7, 11) is -2.53. The zero-order valence-corrected chi connectivity index (χ0v) is 30.5. The van der Waals surface area contributed by atoms with Crippen molar-refractivity contribution in [1.29, 1.82) is 0 Å². The van der Waals surface area contributed by atoms with Crippen molar-refractivity contribution in [3.8, 4) is 17.2 Å². The van der Waals surface area contributed by atoms with Gasteiger partial charge in [-0.2, -0.15) is 0 Å². The fraction of sp³-hybridized carbons (Fsp3) is 0.250. The van der Waals surface area contributed by atoms with E-state index >= 15 is 0 Å². The predicted molar refractivity (Wildman–Crippen MR) is 199 cm³/mol. The van der Waals surface area contributed by atoms with Gasteiger partial charge in [0.15, 0.2) is 0 Å². The molecule has 9 heteroatoms. The Hall–Kier alpha value is -5.15. The number of fused-ring (bicyclic) bond motifs is 1. The number of amides is 1. The van der Waals surface area contributed by atoms with E-state index in [-0.39, 0.29) is 17.1 Å². The van der Waals surface area contributed by atoms with Gasteiger partial charge in [0, 0.05) is 22.6 Å². The van der Waals surface area contributed by atoms with Gasteiger partial charge in [-0.15, -0.1) is 0 Å². The molecule has 0 unspecified atom stereocenters. The molecule has 1 amide bonds. The summed E-state index contributed by atoms with van der Waals surface area (Å²) in [6.07, 6.45) is 2.08. The molecule has 0 fully saturated rings. The van der Waals surface area contributed by atoms with Crippen LogP contribution < -0.4 is 18.9 Å². The molecule has 0 aliphatic rings. The second-order valence-corrected chi connectivity index (χ2v) is 11.9. The lowest BCUT2D eigenvalue weighted by atomic mass is 10.1. The van der Waals surface area contributed by atoms with Crippen molar-refractivity contribution in [2.24, 2.45) is 0 Å². The SMILES string of the molecule is CC.CC.CC=C(C)C.COc1cc(C(=O)NS(=O)(=O)c2ccccc2)ccc1COc1cccc(OCc2ccc3ccccc3n2)c1. The molecule has 0 spiro atoms. The minimum Gasteiger partial charge on any atom is -0.496 e. The average molecular weight is 685 g/mol. The number of sulfonamides is 1. The molecule has 4 aromatic carbocycles. The molecule has 0 aliphatic heterocycles. The Bertz CT molecular complexity index is 1890. The van der Waals surface area contributed by atoms with Crippen molar-refractivity contribution >= 4 is 26.8 Å². The van der Waals surface area contributed by atoms with Gasteiger partial charge in [0.1, 0.15) is 30.5 Å². The summed E-state index contributed by atoms with van der Waals surface area (Å²) >= 11 is 0. The van der Waals surface area contributed by atoms with Crippen LogP contribution in [0, 0.1) is 0 Å². The number of carbonyl (C=O) groups is 1. The smallest absolute Gasteiger partial charge is 0.265 e. The summed E-state index contributed by atoms with van der Waals surface area (Å²) in [6, 6.07) is 31.5. The maximum absolute atomic E-state index is 12.7. The van der Waals surface area contributed by atoms with Crippen LogP contribution in [0.4, 0.5) is 0 Å². The molecule has 0 bridgehead atoms. The van der Waals surface area contributed by atoms with Crippen LogP contribution in [0.15, 0.2) is 126 Å². The molecule has 5 rings (SSSR count). The first-order valence-electron chi connectivity index (χ1n) is 16.3. The Labute approximate surface area is 291 Å². The Morgan fingerprint density at radius 3 is 2.00 bits per heavy atom. The molecule has 8 nitrogen and oxygen atoms in total. The van der Waals surface area contributed by atoms with Crippen molar-refractivity contribution in [3.63, 3.8) is 0 Å². The Balaban J connectivity index is 0.000000837. The first-order valence-corrected chi connectivity index (χ1v) is 17.8. The quantitative estimate of drug-likeness (QED) is 0.146. The molecule has 0 saturated heterocycles. The van der Waals surface area contributed by atoms with Gasteiger partial charge in [0.05, 0.1) is 23.2 Å². The van der Waals surface area contributed by atoms with Crippen molar-refractivity contribution in [2.45, 2.75) is 66.6 Å². The molecule has 1 heterocycles. The largest absolute Gasteiger partial charge is 0.496 e. The van der Waals surface area contributed by atoms with Gasteiger partial charge in [-0.05, 0) is 69.3 Å². The topological polar surface area (TPSA) is 104 Å². The van der Waals surface area contributed by atoms with Crippen molar-refractivity contribution in [1.82, 2.24) is 9.71 Å². The summed E-state index contributed by atoms with van der Waals surface area (Å²) < 4.78 is 44.4. The lowest BCUT2D eigenvalue weighted by Gasteiger charge is -2.13. The number of aromatic nitrogens is 1. The number of pyridine rings is 1. The number of rotatable bonds is 10. The lowest BCUT2D eigenvalue weighted by molar-refractivity contribution is 0.0981. The summed E-state index contributed by atoms with van der Waals surface area (Å²) in [6.45, 7) is 14.7. The highest BCUT2D eigenvalue weighted by Crippen LogP contribution is 2.25. The van der Waals surface area contributed by atoms with Crippen molar-refractivity contribution < 1.29 is 27.4 Å². The highest BCUT2D eigenvalue weighted by atomic mass is 32.2. The highest BCUT2D eigenvalue weighted by molar-refractivity contribution is 7.90. The number of nitrogens with one attached hydrogen (secondary N) is 1. The number of hydrogen-bond donors (Lipinski definition) is 1. The third-order valence-electron chi connectivity index (χ3n) is 6.65. The van der Waals surface area contributed by atoms with Crippen molar-refractivity contribution in [2.75, 3.05) is 7.11 Å². The van der Waals surface area contributed by atoms with E-state index in [4.69, 9.17) is 14.2 Å². The number of nitrogens with zero attached hydrogens (tertiary/aromatic N) is 1. The van der Waals surface area contributed by atoms with Crippen LogP contribution in [0.5, 0.6) is 17.2 Å². The van der Waals surface area contributed by atoms with Crippen LogP contribution in [0.2, 0.25) is 0 Å². The highest BCUT2D eigenvalue weighted by Gasteiger charge is 2.19. The van der Waals surface area contributed by atoms with Crippen LogP contribution in [0.25, 0.3) is 10.9 Å². The van der Waals surface area contributed by atoms with E-state index in [1.807, 2.05) is 89.2 Å². The van der Waals surface area contributed by atoms with E-state index in [9.17, 15) is 13.2 Å². The molecular weight excluding hydrogens is 637 g/mol. The van der Waals surface area contributed by atoms with Gasteiger partial charge in [-0.1, -0.05) is 93.9 Å². The number of hydrogen-bond acceptors (Lipinski definition) is 7. The molecule has 49 heavy (non-hydrogen) atoms. The number of ether oxygens (including phenoxy) is 3. The Kier molecular flexibility index (Phi) is 17.1. The molecule has 0 aliphatic carbocycles. The van der Waals surface area contributed by atoms with E-state index in [0.29, 0.717) is 29.4 Å². The average Bonchev–Trinajstić information content (AvgIpc) is 3.15. The molecule has 0 atom stereocenters. The van der Waals surface area contributed by atoms with Crippen LogP contribution in [0.3, 0.4) is 0 Å². The number of benzene rings is 4. The van der Waals surface area contributed by atoms with E-state index < -0.39 is 15.9 Å². The fourth-order valence-electron chi connectivity index (χ4n) is 4.01. The van der Waals surface area contributed by atoms with Crippen molar-refractivity contribution in [3.05, 3.63) is 138 Å².